The maximum atomic E-state index is 11.6. The van der Waals surface area contributed by atoms with Crippen molar-refractivity contribution in [2.75, 3.05) is 7.11 Å². The van der Waals surface area contributed by atoms with Gasteiger partial charge in [0.25, 0.3) is 0 Å². The molecule has 4 nitrogen and oxygen atoms in total. The number of ether oxygens (including phenoxy) is 1. The molecule has 1 atom stereocenters. The van der Waals surface area contributed by atoms with Crippen LogP contribution in [0, 0.1) is 5.41 Å². The number of nitrogens with two attached hydrogens (primary N) is 1. The summed E-state index contributed by atoms with van der Waals surface area (Å²) in [5, 5.41) is 5.25. The highest BCUT2D eigenvalue weighted by molar-refractivity contribution is 9.14. The molecule has 0 saturated heterocycles. The molecule has 1 fully saturated rings. The van der Waals surface area contributed by atoms with E-state index in [1.807, 2.05) is 12.1 Å². The number of sulfonamides is 1. The molecular formula is C20H20Br3NO3S. The second-order valence-electron chi connectivity index (χ2n) is 7.80. The predicted octanol–water partition coefficient (Wildman–Crippen LogP) is 5.73. The van der Waals surface area contributed by atoms with Crippen molar-refractivity contribution in [2.24, 2.45) is 10.6 Å². The van der Waals surface area contributed by atoms with Crippen LogP contribution in [0.15, 0.2) is 55.3 Å². The normalized spacial score (nSPS) is 26.8. The first-order valence-electron chi connectivity index (χ1n) is 8.93. The van der Waals surface area contributed by atoms with E-state index in [1.165, 1.54) is 29.6 Å². The van der Waals surface area contributed by atoms with E-state index >= 15 is 0 Å². The van der Waals surface area contributed by atoms with E-state index in [-0.39, 0.29) is 4.90 Å². The number of methoxy groups -OCH3 is 1. The second-order valence-corrected chi connectivity index (χ2v) is 12.5. The van der Waals surface area contributed by atoms with Crippen molar-refractivity contribution in [3.8, 4) is 0 Å². The zero-order valence-electron chi connectivity index (χ0n) is 15.3. The molecule has 0 aliphatic heterocycles. The summed E-state index contributed by atoms with van der Waals surface area (Å²) in [5.41, 5.74) is 5.24. The van der Waals surface area contributed by atoms with Crippen LogP contribution in [0.2, 0.25) is 0 Å². The number of benzene rings is 1. The van der Waals surface area contributed by atoms with Gasteiger partial charge in [-0.25, -0.2) is 13.6 Å². The van der Waals surface area contributed by atoms with E-state index in [1.54, 1.807) is 19.2 Å². The van der Waals surface area contributed by atoms with Crippen molar-refractivity contribution < 1.29 is 13.2 Å². The summed E-state index contributed by atoms with van der Waals surface area (Å²) < 4.78 is 30.3. The molecule has 1 spiro atoms. The van der Waals surface area contributed by atoms with E-state index in [0.717, 1.165) is 27.4 Å². The quantitative estimate of drug-likeness (QED) is 0.453. The number of hydrogen-bond donors (Lipinski definition) is 1. The van der Waals surface area contributed by atoms with Gasteiger partial charge in [-0.05, 0) is 87.5 Å². The van der Waals surface area contributed by atoms with Crippen molar-refractivity contribution >= 4 is 63.4 Å². The Morgan fingerprint density at radius 2 is 1.64 bits per heavy atom. The SMILES string of the molecule is COC1(Br)CC(Br)=C(C2=C(c3ccc(S(N)(=O)=O)cc3)CC3(CC3)C2)C=C1Br. The molecule has 4 rings (SSSR count). The Morgan fingerprint density at radius 3 is 2.18 bits per heavy atom. The van der Waals surface area contributed by atoms with Crippen molar-refractivity contribution in [3.63, 3.8) is 0 Å². The van der Waals surface area contributed by atoms with Gasteiger partial charge in [-0.3, -0.25) is 0 Å². The highest BCUT2D eigenvalue weighted by Crippen LogP contribution is 2.63. The predicted molar refractivity (Wildman–Crippen MR) is 122 cm³/mol. The first kappa shape index (κ1) is 21.0. The van der Waals surface area contributed by atoms with E-state index in [4.69, 9.17) is 9.88 Å². The third-order valence-corrected chi connectivity index (χ3v) is 9.98. The van der Waals surface area contributed by atoms with Gasteiger partial charge in [0.15, 0.2) is 4.51 Å². The number of hydrogen-bond acceptors (Lipinski definition) is 3. The topological polar surface area (TPSA) is 69.4 Å². The monoisotopic (exact) mass is 591 g/mol. The Balaban J connectivity index is 1.78. The molecule has 28 heavy (non-hydrogen) atoms. The number of rotatable bonds is 4. The fraction of sp³-hybridized carbons (Fsp3) is 0.400. The maximum absolute atomic E-state index is 11.6. The Kier molecular flexibility index (Phi) is 5.37. The van der Waals surface area contributed by atoms with Crippen LogP contribution in [0.25, 0.3) is 5.57 Å². The molecule has 2 N–H and O–H groups in total. The molecule has 1 aromatic rings. The summed E-state index contributed by atoms with van der Waals surface area (Å²) in [6.07, 6.45) is 7.36. The first-order valence-corrected chi connectivity index (χ1v) is 12.9. The van der Waals surface area contributed by atoms with Crippen molar-refractivity contribution in [1.82, 2.24) is 0 Å². The van der Waals surface area contributed by atoms with E-state index < -0.39 is 14.5 Å². The molecule has 1 aromatic carbocycles. The minimum absolute atomic E-state index is 0.141. The molecule has 150 valence electrons. The highest BCUT2D eigenvalue weighted by atomic mass is 79.9. The number of alkyl halides is 1. The largest absolute Gasteiger partial charge is 0.362 e. The van der Waals surface area contributed by atoms with Crippen LogP contribution in [0.4, 0.5) is 0 Å². The lowest BCUT2D eigenvalue weighted by atomic mass is 9.92. The average Bonchev–Trinajstić information content (AvgIpc) is 3.29. The average molecular weight is 594 g/mol. The molecular weight excluding hydrogens is 574 g/mol. The van der Waals surface area contributed by atoms with Gasteiger partial charge in [0.2, 0.25) is 10.0 Å². The molecule has 1 saturated carbocycles. The molecule has 3 aliphatic carbocycles. The third-order valence-electron chi connectivity index (χ3n) is 5.91. The van der Waals surface area contributed by atoms with Gasteiger partial charge in [-0.15, -0.1) is 0 Å². The zero-order chi connectivity index (χ0) is 20.3. The molecule has 0 heterocycles. The van der Waals surface area contributed by atoms with Crippen LogP contribution < -0.4 is 5.14 Å². The highest BCUT2D eigenvalue weighted by Gasteiger charge is 2.49. The van der Waals surface area contributed by atoms with Gasteiger partial charge in [0.1, 0.15) is 0 Å². The maximum Gasteiger partial charge on any atom is 0.238 e. The summed E-state index contributed by atoms with van der Waals surface area (Å²) in [6.45, 7) is 0. The lowest BCUT2D eigenvalue weighted by Gasteiger charge is -2.31. The third kappa shape index (κ3) is 3.76. The van der Waals surface area contributed by atoms with Gasteiger partial charge in [-0.1, -0.05) is 44.0 Å². The van der Waals surface area contributed by atoms with Crippen molar-refractivity contribution in [2.45, 2.75) is 41.5 Å². The second kappa shape index (κ2) is 7.17. The fourth-order valence-corrected chi connectivity index (χ4v) is 6.61. The van der Waals surface area contributed by atoms with Crippen LogP contribution in [-0.2, 0) is 14.8 Å². The summed E-state index contributed by atoms with van der Waals surface area (Å²) in [4.78, 5) is 0.141. The molecule has 1 unspecified atom stereocenters. The number of halogens is 3. The zero-order valence-corrected chi connectivity index (χ0v) is 20.8. The number of allylic oxidation sites excluding steroid dienone is 4. The Labute approximate surface area is 190 Å². The lowest BCUT2D eigenvalue weighted by Crippen LogP contribution is -2.26. The summed E-state index contributed by atoms with van der Waals surface area (Å²) >= 11 is 11.1. The van der Waals surface area contributed by atoms with E-state index in [2.05, 4.69) is 53.9 Å². The van der Waals surface area contributed by atoms with Crippen LogP contribution in [0.3, 0.4) is 0 Å². The fourth-order valence-electron chi connectivity index (χ4n) is 4.05. The van der Waals surface area contributed by atoms with Gasteiger partial charge in [0, 0.05) is 22.5 Å². The molecule has 0 aromatic heterocycles. The van der Waals surface area contributed by atoms with Gasteiger partial charge in [0.05, 0.1) is 4.90 Å². The van der Waals surface area contributed by atoms with Crippen molar-refractivity contribution in [3.05, 3.63) is 56.0 Å². The molecule has 0 bridgehead atoms. The molecule has 8 heteroatoms. The minimum atomic E-state index is -3.69. The summed E-state index contributed by atoms with van der Waals surface area (Å²) in [6, 6.07) is 6.93. The van der Waals surface area contributed by atoms with Crippen LogP contribution in [0.5, 0.6) is 0 Å². The Hall–Kier alpha value is -0.250. The lowest BCUT2D eigenvalue weighted by molar-refractivity contribution is 0.116. The first-order chi connectivity index (χ1) is 13.1. The summed E-state index contributed by atoms with van der Waals surface area (Å²) in [7, 11) is -2.01. The van der Waals surface area contributed by atoms with E-state index in [0.29, 0.717) is 11.8 Å². The molecule has 0 radical (unpaired) electrons. The van der Waals surface area contributed by atoms with E-state index in [9.17, 15) is 8.42 Å². The summed E-state index contributed by atoms with van der Waals surface area (Å²) in [5.74, 6) is 0. The Morgan fingerprint density at radius 1 is 1.04 bits per heavy atom. The number of primary sulfonamides is 1. The van der Waals surface area contributed by atoms with Crippen molar-refractivity contribution in [1.29, 1.82) is 0 Å². The van der Waals surface area contributed by atoms with Crippen LogP contribution >= 0.6 is 47.8 Å². The van der Waals surface area contributed by atoms with Gasteiger partial charge >= 0.3 is 0 Å². The Bertz CT molecular complexity index is 1040. The molecule has 0 amide bonds. The smallest absolute Gasteiger partial charge is 0.238 e. The van der Waals surface area contributed by atoms with Gasteiger partial charge in [-0.2, -0.15) is 0 Å². The molecule has 3 aliphatic rings. The van der Waals surface area contributed by atoms with Crippen LogP contribution in [-0.4, -0.2) is 20.0 Å². The van der Waals surface area contributed by atoms with Gasteiger partial charge < -0.3 is 4.74 Å². The minimum Gasteiger partial charge on any atom is -0.362 e. The standard InChI is InChI=1S/C20H20Br3NO3S/c1-27-20(23)11-17(21)14(8-18(20)22)16-10-19(6-7-19)9-15(16)12-2-4-13(5-3-12)28(24,25)26/h2-5,8H,6-7,9-11H2,1H3,(H2,24,25,26). The van der Waals surface area contributed by atoms with Crippen LogP contribution in [0.1, 0.15) is 37.7 Å².